The van der Waals surface area contributed by atoms with Crippen molar-refractivity contribution in [3.05, 3.63) is 64.8 Å². The van der Waals surface area contributed by atoms with Crippen LogP contribution in [0.4, 0.5) is 11.5 Å². The van der Waals surface area contributed by atoms with Gasteiger partial charge in [-0.25, -0.2) is 4.98 Å². The lowest BCUT2D eigenvalue weighted by Crippen LogP contribution is -2.15. The molecule has 1 heterocycles. The largest absolute Gasteiger partial charge is 0.385 e. The molecule has 33 heavy (non-hydrogen) atoms. The van der Waals surface area contributed by atoms with Crippen molar-refractivity contribution in [2.24, 2.45) is 5.92 Å². The van der Waals surface area contributed by atoms with Gasteiger partial charge in [0, 0.05) is 30.0 Å². The second-order valence-electron chi connectivity index (χ2n) is 10.2. The van der Waals surface area contributed by atoms with Gasteiger partial charge in [0.05, 0.1) is 0 Å². The van der Waals surface area contributed by atoms with Gasteiger partial charge in [-0.05, 0) is 110 Å². The molecule has 1 fully saturated rings. The van der Waals surface area contributed by atoms with E-state index >= 15 is 0 Å². The highest BCUT2D eigenvalue weighted by atomic mass is 15.0. The Morgan fingerprint density at radius 1 is 0.788 bits per heavy atom. The normalized spacial score (nSPS) is 14.2. The van der Waals surface area contributed by atoms with Crippen LogP contribution in [0.15, 0.2) is 42.6 Å². The highest BCUT2D eigenvalue weighted by Crippen LogP contribution is 2.39. The first-order chi connectivity index (χ1) is 15.8. The summed E-state index contributed by atoms with van der Waals surface area (Å²) in [7, 11) is 0. The van der Waals surface area contributed by atoms with Crippen molar-refractivity contribution in [1.82, 2.24) is 4.98 Å². The van der Waals surface area contributed by atoms with Crippen molar-refractivity contribution < 1.29 is 0 Å². The number of aromatic nitrogens is 1. The highest BCUT2D eigenvalue weighted by Gasteiger charge is 2.18. The third kappa shape index (κ3) is 5.08. The topological polar surface area (TPSA) is 37.0 Å². The van der Waals surface area contributed by atoms with E-state index in [-0.39, 0.29) is 0 Å². The number of hydrogen-bond donors (Lipinski definition) is 2. The van der Waals surface area contributed by atoms with Gasteiger partial charge in [-0.2, -0.15) is 0 Å². The van der Waals surface area contributed by atoms with Gasteiger partial charge in [0.1, 0.15) is 5.82 Å². The SMILES string of the molecule is Cc1c(C)c(-c2ccc(NC3CCCC3)nc2)c(C)c(C)c1-c1ccc(NCC(C)C)cc1. The van der Waals surface area contributed by atoms with Gasteiger partial charge in [-0.3, -0.25) is 0 Å². The van der Waals surface area contributed by atoms with Crippen molar-refractivity contribution >= 4 is 11.5 Å². The summed E-state index contributed by atoms with van der Waals surface area (Å²) in [6.07, 6.45) is 7.22. The molecule has 174 valence electrons. The van der Waals surface area contributed by atoms with Crippen LogP contribution in [0.2, 0.25) is 0 Å². The van der Waals surface area contributed by atoms with E-state index < -0.39 is 0 Å². The number of nitrogens with zero attached hydrogens (tertiary/aromatic N) is 1. The summed E-state index contributed by atoms with van der Waals surface area (Å²) in [4.78, 5) is 4.76. The molecule has 0 saturated heterocycles. The van der Waals surface area contributed by atoms with Gasteiger partial charge in [0.15, 0.2) is 0 Å². The van der Waals surface area contributed by atoms with E-state index in [0.717, 1.165) is 12.4 Å². The van der Waals surface area contributed by atoms with Crippen LogP contribution in [0.25, 0.3) is 22.3 Å². The molecule has 1 saturated carbocycles. The van der Waals surface area contributed by atoms with Crippen LogP contribution in [0.3, 0.4) is 0 Å². The highest BCUT2D eigenvalue weighted by molar-refractivity contribution is 5.83. The quantitative estimate of drug-likeness (QED) is 0.389. The van der Waals surface area contributed by atoms with E-state index in [4.69, 9.17) is 4.98 Å². The van der Waals surface area contributed by atoms with Crippen LogP contribution in [0.1, 0.15) is 61.8 Å². The number of pyridine rings is 1. The monoisotopic (exact) mass is 441 g/mol. The molecule has 1 aromatic heterocycles. The molecule has 2 N–H and O–H groups in total. The molecule has 0 aliphatic heterocycles. The van der Waals surface area contributed by atoms with Gasteiger partial charge in [0.2, 0.25) is 0 Å². The van der Waals surface area contributed by atoms with Gasteiger partial charge < -0.3 is 10.6 Å². The van der Waals surface area contributed by atoms with E-state index in [1.54, 1.807) is 0 Å². The summed E-state index contributed by atoms with van der Waals surface area (Å²) in [6, 6.07) is 13.9. The minimum Gasteiger partial charge on any atom is -0.385 e. The minimum atomic E-state index is 0.586. The molecule has 4 rings (SSSR count). The average molecular weight is 442 g/mol. The number of anilines is 2. The Hall–Kier alpha value is -2.81. The first kappa shape index (κ1) is 23.4. The van der Waals surface area contributed by atoms with E-state index in [0.29, 0.717) is 12.0 Å². The van der Waals surface area contributed by atoms with Crippen LogP contribution < -0.4 is 10.6 Å². The predicted octanol–water partition coefficient (Wildman–Crippen LogP) is 8.07. The Morgan fingerprint density at radius 3 is 1.85 bits per heavy atom. The third-order valence-corrected chi connectivity index (χ3v) is 7.27. The van der Waals surface area contributed by atoms with Crippen LogP contribution in [0.5, 0.6) is 0 Å². The van der Waals surface area contributed by atoms with Gasteiger partial charge in [-0.15, -0.1) is 0 Å². The fraction of sp³-hybridized carbons (Fsp3) is 0.433. The summed E-state index contributed by atoms with van der Waals surface area (Å²) in [5.74, 6) is 1.63. The van der Waals surface area contributed by atoms with Gasteiger partial charge in [0.25, 0.3) is 0 Å². The lowest BCUT2D eigenvalue weighted by Gasteiger charge is -2.22. The van der Waals surface area contributed by atoms with Crippen molar-refractivity contribution in [3.63, 3.8) is 0 Å². The molecule has 2 aromatic carbocycles. The molecule has 1 aliphatic carbocycles. The predicted molar refractivity (Wildman–Crippen MR) is 143 cm³/mol. The fourth-order valence-electron chi connectivity index (χ4n) is 5.16. The molecule has 0 atom stereocenters. The smallest absolute Gasteiger partial charge is 0.126 e. The summed E-state index contributed by atoms with van der Waals surface area (Å²) >= 11 is 0. The molecule has 0 amide bonds. The zero-order valence-electron chi connectivity index (χ0n) is 21.2. The van der Waals surface area contributed by atoms with E-state index in [1.807, 2.05) is 6.20 Å². The number of rotatable bonds is 7. The Kier molecular flexibility index (Phi) is 7.07. The Labute approximate surface area is 200 Å². The first-order valence-electron chi connectivity index (χ1n) is 12.5. The van der Waals surface area contributed by atoms with Crippen LogP contribution in [-0.4, -0.2) is 17.6 Å². The fourth-order valence-corrected chi connectivity index (χ4v) is 5.16. The average Bonchev–Trinajstić information content (AvgIpc) is 3.32. The molecule has 3 aromatic rings. The van der Waals surface area contributed by atoms with E-state index in [2.05, 4.69) is 88.6 Å². The molecule has 1 aliphatic rings. The summed E-state index contributed by atoms with van der Waals surface area (Å²) in [6.45, 7) is 14.5. The van der Waals surface area contributed by atoms with Gasteiger partial charge >= 0.3 is 0 Å². The third-order valence-electron chi connectivity index (χ3n) is 7.27. The van der Waals surface area contributed by atoms with Crippen molar-refractivity contribution in [1.29, 1.82) is 0 Å². The lowest BCUT2D eigenvalue weighted by molar-refractivity contribution is 0.689. The minimum absolute atomic E-state index is 0.586. The van der Waals surface area contributed by atoms with Crippen LogP contribution >= 0.6 is 0 Å². The Bertz CT molecular complexity index is 1060. The molecule has 0 bridgehead atoms. The molecule has 3 heteroatoms. The second-order valence-corrected chi connectivity index (χ2v) is 10.2. The maximum atomic E-state index is 4.76. The molecular weight excluding hydrogens is 402 g/mol. The molecule has 0 unspecified atom stereocenters. The zero-order chi connectivity index (χ0) is 23.5. The van der Waals surface area contributed by atoms with Crippen molar-refractivity contribution in [2.45, 2.75) is 73.3 Å². The van der Waals surface area contributed by atoms with E-state index in [1.165, 1.54) is 75.9 Å². The standard InChI is InChI=1S/C30H39N3/c1-19(2)17-31-26-14-11-24(12-15-26)29-20(3)22(5)30(23(6)21(29)4)25-13-16-28(32-18-25)33-27-9-7-8-10-27/h11-16,18-19,27,31H,7-10,17H2,1-6H3,(H,32,33). The molecule has 3 nitrogen and oxygen atoms in total. The summed E-state index contributed by atoms with van der Waals surface area (Å²) in [5, 5.41) is 7.13. The maximum Gasteiger partial charge on any atom is 0.126 e. The summed E-state index contributed by atoms with van der Waals surface area (Å²) in [5.41, 5.74) is 11.7. The number of benzene rings is 2. The summed E-state index contributed by atoms with van der Waals surface area (Å²) < 4.78 is 0. The van der Waals surface area contributed by atoms with Crippen molar-refractivity contribution in [2.75, 3.05) is 17.2 Å². The van der Waals surface area contributed by atoms with Crippen LogP contribution in [-0.2, 0) is 0 Å². The first-order valence-corrected chi connectivity index (χ1v) is 12.5. The molecule has 0 radical (unpaired) electrons. The Balaban J connectivity index is 1.63. The number of hydrogen-bond acceptors (Lipinski definition) is 3. The lowest BCUT2D eigenvalue weighted by atomic mass is 9.84. The zero-order valence-corrected chi connectivity index (χ0v) is 21.2. The molecular formula is C30H39N3. The molecule has 0 spiro atoms. The Morgan fingerprint density at radius 2 is 1.33 bits per heavy atom. The second kappa shape index (κ2) is 9.99. The van der Waals surface area contributed by atoms with E-state index in [9.17, 15) is 0 Å². The van der Waals surface area contributed by atoms with Gasteiger partial charge in [-0.1, -0.05) is 38.8 Å². The van der Waals surface area contributed by atoms with Crippen LogP contribution in [0, 0.1) is 33.6 Å². The maximum absolute atomic E-state index is 4.76. The number of nitrogens with one attached hydrogen (secondary N) is 2. The van der Waals surface area contributed by atoms with Crippen molar-refractivity contribution in [3.8, 4) is 22.3 Å².